The van der Waals surface area contributed by atoms with Crippen LogP contribution in [0, 0.1) is 0 Å². The summed E-state index contributed by atoms with van der Waals surface area (Å²) in [6, 6.07) is 0.369. The Hall–Kier alpha value is -0.830. The van der Waals surface area contributed by atoms with Crippen molar-refractivity contribution in [2.75, 3.05) is 20.6 Å². The van der Waals surface area contributed by atoms with Gasteiger partial charge in [-0.3, -0.25) is 5.01 Å². The zero-order valence-corrected chi connectivity index (χ0v) is 8.49. The van der Waals surface area contributed by atoms with Crippen LogP contribution in [0.4, 0.5) is 0 Å². The molecule has 0 fully saturated rings. The van der Waals surface area contributed by atoms with Gasteiger partial charge in [-0.25, -0.2) is 0 Å². The van der Waals surface area contributed by atoms with Crippen LogP contribution >= 0.6 is 0 Å². The fourth-order valence-corrected chi connectivity index (χ4v) is 1.10. The molecule has 0 heterocycles. The third-order valence-electron chi connectivity index (χ3n) is 1.55. The smallest absolute Gasteiger partial charge is 0.0617 e. The van der Waals surface area contributed by atoms with E-state index in [0.717, 1.165) is 6.54 Å². The third kappa shape index (κ3) is 4.13. The van der Waals surface area contributed by atoms with Crippen molar-refractivity contribution in [3.63, 3.8) is 0 Å². The van der Waals surface area contributed by atoms with Gasteiger partial charge in [0, 0.05) is 19.5 Å². The van der Waals surface area contributed by atoms with Gasteiger partial charge in [0.2, 0.25) is 0 Å². The fraction of sp³-hybridized carbons (Fsp3) is 0.667. The third-order valence-corrected chi connectivity index (χ3v) is 1.55. The average molecular weight is 169 g/mol. The van der Waals surface area contributed by atoms with Gasteiger partial charge in [-0.05, 0) is 27.9 Å². The van der Waals surface area contributed by atoms with E-state index in [4.69, 9.17) is 0 Å². The molecule has 0 aliphatic carbocycles. The molecular weight excluding hydrogens is 150 g/mol. The van der Waals surface area contributed by atoms with Gasteiger partial charge in [0.25, 0.3) is 0 Å². The normalized spacial score (nSPS) is 13.8. The van der Waals surface area contributed by atoms with Crippen LogP contribution in [0.2, 0.25) is 0 Å². The van der Waals surface area contributed by atoms with Crippen molar-refractivity contribution in [1.82, 2.24) is 9.91 Å². The zero-order valence-electron chi connectivity index (χ0n) is 8.49. The molecule has 0 spiro atoms. The first-order valence-corrected chi connectivity index (χ1v) is 4.14. The highest BCUT2D eigenvalue weighted by atomic mass is 15.5. The Labute approximate surface area is 75.4 Å². The second-order valence-electron chi connectivity index (χ2n) is 3.12. The van der Waals surface area contributed by atoms with Crippen molar-refractivity contribution in [3.05, 3.63) is 12.3 Å². The molecule has 0 aliphatic heterocycles. The van der Waals surface area contributed by atoms with E-state index in [9.17, 15) is 0 Å². The molecule has 0 bridgehead atoms. The monoisotopic (exact) mass is 169 g/mol. The second kappa shape index (κ2) is 5.77. The van der Waals surface area contributed by atoms with Gasteiger partial charge in [0.05, 0.1) is 6.04 Å². The van der Waals surface area contributed by atoms with Crippen LogP contribution in [-0.2, 0) is 0 Å². The maximum absolute atomic E-state index is 3.90. The number of hydrogen-bond donors (Lipinski definition) is 0. The molecule has 0 aromatic rings. The number of hydrazone groups is 1. The summed E-state index contributed by atoms with van der Waals surface area (Å²) in [6.07, 6.45) is 3.89. The van der Waals surface area contributed by atoms with Crippen LogP contribution in [0.15, 0.2) is 17.4 Å². The highest BCUT2D eigenvalue weighted by Crippen LogP contribution is 2.00. The van der Waals surface area contributed by atoms with Crippen molar-refractivity contribution >= 4 is 6.72 Å². The predicted octanol–water partition coefficient (Wildman–Crippen LogP) is 1.39. The Balaban J connectivity index is 4.02. The molecule has 0 amide bonds. The Morgan fingerprint density at radius 1 is 1.50 bits per heavy atom. The lowest BCUT2D eigenvalue weighted by atomic mass is 10.3. The lowest BCUT2D eigenvalue weighted by Crippen LogP contribution is -2.33. The lowest BCUT2D eigenvalue weighted by Gasteiger charge is -2.24. The van der Waals surface area contributed by atoms with Gasteiger partial charge in [0.15, 0.2) is 0 Å². The minimum atomic E-state index is 0.369. The standard InChI is InChI=1S/C9H19N3/c1-6-7-12(10-3)9(2)8-11(4)5/h6-7,9H,3,8H2,1-2,4-5H3/b7-6-. The summed E-state index contributed by atoms with van der Waals surface area (Å²) in [5, 5.41) is 5.76. The summed E-state index contributed by atoms with van der Waals surface area (Å²) in [5.74, 6) is 0. The summed E-state index contributed by atoms with van der Waals surface area (Å²) in [4.78, 5) is 2.13. The van der Waals surface area contributed by atoms with E-state index in [-0.39, 0.29) is 0 Å². The van der Waals surface area contributed by atoms with E-state index in [1.54, 1.807) is 0 Å². The topological polar surface area (TPSA) is 18.8 Å². The van der Waals surface area contributed by atoms with Gasteiger partial charge in [0.1, 0.15) is 0 Å². The molecule has 1 atom stereocenters. The molecular formula is C9H19N3. The number of nitrogens with zero attached hydrogens (tertiary/aromatic N) is 3. The molecule has 1 unspecified atom stereocenters. The van der Waals surface area contributed by atoms with Gasteiger partial charge in [-0.1, -0.05) is 6.08 Å². The maximum atomic E-state index is 3.90. The second-order valence-corrected chi connectivity index (χ2v) is 3.12. The van der Waals surface area contributed by atoms with E-state index in [0.29, 0.717) is 6.04 Å². The van der Waals surface area contributed by atoms with Crippen LogP contribution in [-0.4, -0.2) is 43.3 Å². The molecule has 0 saturated heterocycles. The van der Waals surface area contributed by atoms with E-state index in [1.165, 1.54) is 0 Å². The number of rotatable bonds is 5. The first-order chi connectivity index (χ1) is 5.61. The van der Waals surface area contributed by atoms with Crippen molar-refractivity contribution in [1.29, 1.82) is 0 Å². The highest BCUT2D eigenvalue weighted by molar-refractivity contribution is 5.23. The summed E-state index contributed by atoms with van der Waals surface area (Å²) >= 11 is 0. The Kier molecular flexibility index (Phi) is 5.37. The Morgan fingerprint density at radius 3 is 2.42 bits per heavy atom. The Morgan fingerprint density at radius 2 is 2.08 bits per heavy atom. The zero-order chi connectivity index (χ0) is 9.56. The number of allylic oxidation sites excluding steroid dienone is 1. The summed E-state index contributed by atoms with van der Waals surface area (Å²) < 4.78 is 0. The van der Waals surface area contributed by atoms with Gasteiger partial charge in [-0.15, -0.1) is 0 Å². The van der Waals surface area contributed by atoms with E-state index in [2.05, 4.69) is 23.6 Å². The van der Waals surface area contributed by atoms with Crippen molar-refractivity contribution in [3.8, 4) is 0 Å². The van der Waals surface area contributed by atoms with E-state index < -0.39 is 0 Å². The highest BCUT2D eigenvalue weighted by Gasteiger charge is 2.07. The molecule has 0 aliphatic rings. The minimum Gasteiger partial charge on any atom is -0.307 e. The molecule has 0 aromatic carbocycles. The van der Waals surface area contributed by atoms with E-state index in [1.807, 2.05) is 38.3 Å². The molecule has 12 heavy (non-hydrogen) atoms. The van der Waals surface area contributed by atoms with E-state index >= 15 is 0 Å². The Bertz CT molecular complexity index is 152. The quantitative estimate of drug-likeness (QED) is 0.457. The van der Waals surface area contributed by atoms with Crippen molar-refractivity contribution in [2.45, 2.75) is 19.9 Å². The summed E-state index contributed by atoms with van der Waals surface area (Å²) in [6.45, 7) is 8.58. The molecule has 0 N–H and O–H groups in total. The minimum absolute atomic E-state index is 0.369. The molecule has 0 aromatic heterocycles. The van der Waals surface area contributed by atoms with Crippen LogP contribution in [0.5, 0.6) is 0 Å². The van der Waals surface area contributed by atoms with Gasteiger partial charge in [-0.2, -0.15) is 5.10 Å². The molecule has 3 heteroatoms. The molecule has 70 valence electrons. The van der Waals surface area contributed by atoms with Crippen LogP contribution < -0.4 is 0 Å². The predicted molar refractivity (Wildman–Crippen MR) is 54.2 cm³/mol. The van der Waals surface area contributed by atoms with Gasteiger partial charge >= 0.3 is 0 Å². The molecule has 3 nitrogen and oxygen atoms in total. The fourth-order valence-electron chi connectivity index (χ4n) is 1.10. The first-order valence-electron chi connectivity index (χ1n) is 4.14. The van der Waals surface area contributed by atoms with Crippen molar-refractivity contribution < 1.29 is 0 Å². The largest absolute Gasteiger partial charge is 0.307 e. The number of likely N-dealkylation sites (N-methyl/N-ethyl adjacent to an activating group) is 1. The van der Waals surface area contributed by atoms with Crippen LogP contribution in [0.25, 0.3) is 0 Å². The molecule has 0 saturated carbocycles. The number of hydrogen-bond acceptors (Lipinski definition) is 3. The first kappa shape index (κ1) is 11.2. The van der Waals surface area contributed by atoms with Crippen molar-refractivity contribution in [2.24, 2.45) is 5.10 Å². The van der Waals surface area contributed by atoms with Crippen LogP contribution in [0.3, 0.4) is 0 Å². The lowest BCUT2D eigenvalue weighted by molar-refractivity contribution is 0.242. The van der Waals surface area contributed by atoms with Crippen LogP contribution in [0.1, 0.15) is 13.8 Å². The average Bonchev–Trinajstić information content (AvgIpc) is 1.98. The SMILES string of the molecule is C=NN(/C=C\C)C(C)CN(C)C. The maximum Gasteiger partial charge on any atom is 0.0617 e. The summed E-state index contributed by atoms with van der Waals surface area (Å²) in [5.41, 5.74) is 0. The molecule has 0 rings (SSSR count). The summed E-state index contributed by atoms with van der Waals surface area (Å²) in [7, 11) is 4.10. The van der Waals surface area contributed by atoms with Gasteiger partial charge < -0.3 is 4.90 Å². The molecule has 0 radical (unpaired) electrons.